The first kappa shape index (κ1) is 34.5. The molecular formula is C39H53FS. The monoisotopic (exact) mass is 572 g/mol. The number of halogens is 1. The van der Waals surface area contributed by atoms with Crippen molar-refractivity contribution in [3.63, 3.8) is 0 Å². The molecule has 1 aliphatic rings. The van der Waals surface area contributed by atoms with Gasteiger partial charge < -0.3 is 0 Å². The maximum Gasteiger partial charge on any atom is 0.149 e. The number of hydrogen-bond donors (Lipinski definition) is 0. The average Bonchev–Trinajstić information content (AvgIpc) is 3.35. The van der Waals surface area contributed by atoms with E-state index in [4.69, 9.17) is 0 Å². The van der Waals surface area contributed by atoms with Crippen LogP contribution in [0.3, 0.4) is 0 Å². The zero-order valence-corrected chi connectivity index (χ0v) is 27.8. The standard InChI is InChI=1S/C20H25FS.C17H22.C2H6/c1-12-5-9-16(10-6-12)11-15(4)20-18(21)17-13(2)7-8-14(3)19(17)22-20;1-5-9-16(10-6-2)17-12-14(7-3)11-15(8-4)13-17;1-2/h7-8,12,16H,4-6,9-11H2,1-3H3;5-6,9-13H,1,7-8H2,2-4H3;1-2H3/b;10-6-,16-9+;. The summed E-state index contributed by atoms with van der Waals surface area (Å²) in [5.74, 6) is 1.50. The zero-order chi connectivity index (χ0) is 30.5. The molecule has 0 radical (unpaired) electrons. The Morgan fingerprint density at radius 2 is 1.56 bits per heavy atom. The van der Waals surface area contributed by atoms with Crippen LogP contribution in [0.4, 0.5) is 4.39 Å². The molecule has 1 aliphatic carbocycles. The Morgan fingerprint density at radius 3 is 2.07 bits per heavy atom. The lowest BCUT2D eigenvalue weighted by molar-refractivity contribution is 0.294. The maximum absolute atomic E-state index is 14.9. The summed E-state index contributed by atoms with van der Waals surface area (Å²) in [5, 5.41) is 0.804. The van der Waals surface area contributed by atoms with Gasteiger partial charge in [0.1, 0.15) is 5.82 Å². The van der Waals surface area contributed by atoms with Crippen LogP contribution in [-0.2, 0) is 12.8 Å². The molecule has 1 heterocycles. The molecule has 0 spiro atoms. The summed E-state index contributed by atoms with van der Waals surface area (Å²) >= 11 is 1.59. The third-order valence-corrected chi connectivity index (χ3v) is 9.43. The molecule has 1 fully saturated rings. The largest absolute Gasteiger partial charge is 0.205 e. The van der Waals surface area contributed by atoms with Gasteiger partial charge in [-0.25, -0.2) is 4.39 Å². The Labute approximate surface area is 254 Å². The van der Waals surface area contributed by atoms with Crippen molar-refractivity contribution in [2.45, 2.75) is 100 Å². The highest BCUT2D eigenvalue weighted by atomic mass is 32.1. The van der Waals surface area contributed by atoms with Crippen molar-refractivity contribution in [3.8, 4) is 0 Å². The Morgan fingerprint density at radius 1 is 0.976 bits per heavy atom. The number of rotatable bonds is 8. The van der Waals surface area contributed by atoms with Crippen molar-refractivity contribution in [2.75, 3.05) is 0 Å². The van der Waals surface area contributed by atoms with E-state index in [0.717, 1.165) is 56.8 Å². The summed E-state index contributed by atoms with van der Waals surface area (Å²) in [6, 6.07) is 10.9. The van der Waals surface area contributed by atoms with E-state index in [1.807, 2.05) is 39.8 Å². The van der Waals surface area contributed by atoms with Crippen LogP contribution in [0, 0.1) is 31.5 Å². The van der Waals surface area contributed by atoms with E-state index in [1.54, 1.807) is 11.3 Å². The summed E-state index contributed by atoms with van der Waals surface area (Å²) in [4.78, 5) is 0.783. The molecule has 0 bridgehead atoms. The normalized spacial score (nSPS) is 17.0. The van der Waals surface area contributed by atoms with Gasteiger partial charge in [0.05, 0.1) is 4.88 Å². The number of allylic oxidation sites excluding steroid dienone is 6. The van der Waals surface area contributed by atoms with E-state index < -0.39 is 0 Å². The molecule has 41 heavy (non-hydrogen) atoms. The second-order valence-electron chi connectivity index (χ2n) is 11.2. The van der Waals surface area contributed by atoms with Gasteiger partial charge in [-0.3, -0.25) is 0 Å². The third-order valence-electron chi connectivity index (χ3n) is 8.02. The second-order valence-corrected chi connectivity index (χ2v) is 12.2. The Bertz CT molecular complexity index is 1320. The quantitative estimate of drug-likeness (QED) is 0.235. The molecule has 0 unspecified atom stereocenters. The first-order valence-electron chi connectivity index (χ1n) is 15.7. The third kappa shape index (κ3) is 9.40. The summed E-state index contributed by atoms with van der Waals surface area (Å²) in [6.45, 7) is 24.8. The molecule has 1 aromatic heterocycles. The van der Waals surface area contributed by atoms with Crippen LogP contribution in [0.1, 0.15) is 106 Å². The first-order chi connectivity index (χ1) is 19.7. The van der Waals surface area contributed by atoms with Gasteiger partial charge in [0, 0.05) is 10.1 Å². The van der Waals surface area contributed by atoms with Gasteiger partial charge in [-0.1, -0.05) is 115 Å². The molecule has 0 atom stereocenters. The topological polar surface area (TPSA) is 0 Å². The SMILES string of the molecule is C=C(CC1CCC(C)CC1)c1sc2c(C)ccc(C)c2c1F.C=C/C=C(\C=C/C)c1cc(CC)cc(CC)c1.CC. The van der Waals surface area contributed by atoms with Crippen LogP contribution in [0.25, 0.3) is 21.2 Å². The molecule has 2 heteroatoms. The highest BCUT2D eigenvalue weighted by Crippen LogP contribution is 2.41. The molecule has 222 valence electrons. The van der Waals surface area contributed by atoms with Gasteiger partial charge in [0.2, 0.25) is 0 Å². The predicted molar refractivity (Wildman–Crippen MR) is 186 cm³/mol. The van der Waals surface area contributed by atoms with Crippen molar-refractivity contribution in [1.82, 2.24) is 0 Å². The van der Waals surface area contributed by atoms with Crippen LogP contribution in [0.2, 0.25) is 0 Å². The van der Waals surface area contributed by atoms with Crippen molar-refractivity contribution in [2.24, 2.45) is 11.8 Å². The average molecular weight is 573 g/mol. The fraction of sp³-hybridized carbons (Fsp3) is 0.436. The van der Waals surface area contributed by atoms with Crippen LogP contribution in [0.5, 0.6) is 0 Å². The van der Waals surface area contributed by atoms with Crippen molar-refractivity contribution in [1.29, 1.82) is 0 Å². The fourth-order valence-corrected chi connectivity index (χ4v) is 6.75. The highest BCUT2D eigenvalue weighted by Gasteiger charge is 2.22. The lowest BCUT2D eigenvalue weighted by Gasteiger charge is -2.26. The Hall–Kier alpha value is -2.71. The van der Waals surface area contributed by atoms with E-state index in [2.05, 4.69) is 83.3 Å². The Kier molecular flexibility index (Phi) is 14.5. The summed E-state index contributed by atoms with van der Waals surface area (Å²) in [5.41, 5.74) is 8.51. The van der Waals surface area contributed by atoms with E-state index in [1.165, 1.54) is 47.9 Å². The number of thiophene rings is 1. The van der Waals surface area contributed by atoms with Crippen LogP contribution in [0.15, 0.2) is 67.8 Å². The van der Waals surface area contributed by atoms with E-state index in [0.29, 0.717) is 5.92 Å². The minimum atomic E-state index is -0.0459. The molecule has 2 aromatic carbocycles. The van der Waals surface area contributed by atoms with E-state index in [-0.39, 0.29) is 5.82 Å². The van der Waals surface area contributed by atoms with Gasteiger partial charge in [0.25, 0.3) is 0 Å². The zero-order valence-electron chi connectivity index (χ0n) is 27.0. The number of aryl methyl sites for hydroxylation is 4. The molecule has 0 amide bonds. The van der Waals surface area contributed by atoms with Crippen molar-refractivity contribution in [3.05, 3.63) is 106 Å². The molecular weight excluding hydrogens is 519 g/mol. The molecule has 0 N–H and O–H groups in total. The number of benzene rings is 2. The van der Waals surface area contributed by atoms with Crippen molar-refractivity contribution < 1.29 is 4.39 Å². The molecule has 4 rings (SSSR count). The summed E-state index contributed by atoms with van der Waals surface area (Å²) in [6.07, 6.45) is 16.4. The molecule has 0 aliphatic heterocycles. The maximum atomic E-state index is 14.9. The highest BCUT2D eigenvalue weighted by molar-refractivity contribution is 7.20. The minimum absolute atomic E-state index is 0.0459. The smallest absolute Gasteiger partial charge is 0.149 e. The minimum Gasteiger partial charge on any atom is -0.205 e. The van der Waals surface area contributed by atoms with Gasteiger partial charge in [-0.2, -0.15) is 0 Å². The lowest BCUT2D eigenvalue weighted by atomic mass is 9.80. The van der Waals surface area contributed by atoms with Crippen LogP contribution < -0.4 is 0 Å². The number of hydrogen-bond acceptors (Lipinski definition) is 1. The van der Waals surface area contributed by atoms with Gasteiger partial charge in [0.15, 0.2) is 0 Å². The van der Waals surface area contributed by atoms with Crippen molar-refractivity contribution >= 4 is 32.6 Å². The fourth-order valence-electron chi connectivity index (χ4n) is 5.54. The molecule has 0 saturated heterocycles. The molecule has 1 saturated carbocycles. The molecule has 0 nitrogen and oxygen atoms in total. The summed E-state index contributed by atoms with van der Waals surface area (Å²) < 4.78 is 16.0. The van der Waals surface area contributed by atoms with E-state index in [9.17, 15) is 4.39 Å². The number of fused-ring (bicyclic) bond motifs is 1. The predicted octanol–water partition coefficient (Wildman–Crippen LogP) is 12.9. The van der Waals surface area contributed by atoms with Crippen LogP contribution in [-0.4, -0.2) is 0 Å². The Balaban J connectivity index is 0.000000280. The van der Waals surface area contributed by atoms with Gasteiger partial charge >= 0.3 is 0 Å². The summed E-state index contributed by atoms with van der Waals surface area (Å²) in [7, 11) is 0. The van der Waals surface area contributed by atoms with Gasteiger partial charge in [-0.15, -0.1) is 11.3 Å². The second kappa shape index (κ2) is 17.3. The van der Waals surface area contributed by atoms with E-state index >= 15 is 0 Å². The first-order valence-corrected chi connectivity index (χ1v) is 16.5. The van der Waals surface area contributed by atoms with Gasteiger partial charge in [-0.05, 0) is 104 Å². The molecule has 3 aromatic rings. The van der Waals surface area contributed by atoms with Crippen LogP contribution >= 0.6 is 11.3 Å². The lowest BCUT2D eigenvalue weighted by Crippen LogP contribution is -2.12.